The third-order valence-electron chi connectivity index (χ3n) is 3.42. The molecule has 3 nitrogen and oxygen atoms in total. The average molecular weight is 219 g/mol. The van der Waals surface area contributed by atoms with E-state index in [1.165, 1.54) is 7.11 Å². The number of alkyl halides is 1. The number of ketones is 1. The van der Waals surface area contributed by atoms with E-state index >= 15 is 0 Å². The molecule has 0 aliphatic carbocycles. The fraction of sp³-hybridized carbons (Fsp3) is 0.900. The average Bonchev–Trinajstić information content (AvgIpc) is 2.40. The Morgan fingerprint density at radius 2 is 2.00 bits per heavy atom. The van der Waals surface area contributed by atoms with Gasteiger partial charge in [0.1, 0.15) is 11.5 Å². The van der Waals surface area contributed by atoms with Gasteiger partial charge in [0.15, 0.2) is 5.78 Å². The van der Waals surface area contributed by atoms with E-state index in [4.69, 9.17) is 21.1 Å². The van der Waals surface area contributed by atoms with Crippen molar-refractivity contribution < 1.29 is 14.3 Å². The maximum Gasteiger partial charge on any atom is 0.185 e. The van der Waals surface area contributed by atoms with Crippen molar-refractivity contribution >= 4 is 17.4 Å². The van der Waals surface area contributed by atoms with E-state index in [9.17, 15) is 4.79 Å². The van der Waals surface area contributed by atoms with E-state index in [0.717, 1.165) is 12.8 Å². The van der Waals surface area contributed by atoms with Gasteiger partial charge in [0.25, 0.3) is 0 Å². The molecular formula is C10H15ClO3. The van der Waals surface area contributed by atoms with Crippen molar-refractivity contribution in [1.29, 1.82) is 0 Å². The lowest BCUT2D eigenvalue weighted by Crippen LogP contribution is -2.59. The molecule has 4 heteroatoms. The van der Waals surface area contributed by atoms with Crippen LogP contribution < -0.4 is 0 Å². The first-order chi connectivity index (χ1) is 6.43. The number of hydrogen-bond donors (Lipinski definition) is 0. The van der Waals surface area contributed by atoms with Crippen LogP contribution >= 0.6 is 11.6 Å². The van der Waals surface area contributed by atoms with Crippen molar-refractivity contribution in [2.45, 2.75) is 49.4 Å². The van der Waals surface area contributed by atoms with Crippen molar-refractivity contribution in [2.75, 3.05) is 7.11 Å². The van der Waals surface area contributed by atoms with Gasteiger partial charge < -0.3 is 9.47 Å². The minimum absolute atomic E-state index is 0.0390. The molecule has 0 aromatic carbocycles. The number of methoxy groups -OCH3 is 1. The Kier molecular flexibility index (Phi) is 2.18. The fourth-order valence-corrected chi connectivity index (χ4v) is 2.86. The van der Waals surface area contributed by atoms with Crippen LogP contribution in [-0.4, -0.2) is 35.6 Å². The molecule has 4 atom stereocenters. The second-order valence-corrected chi connectivity index (χ2v) is 5.04. The summed E-state index contributed by atoms with van der Waals surface area (Å²) in [5.41, 5.74) is -0.978. The van der Waals surface area contributed by atoms with Crippen molar-refractivity contribution in [1.82, 2.24) is 0 Å². The van der Waals surface area contributed by atoms with Crippen LogP contribution in [0.3, 0.4) is 0 Å². The Morgan fingerprint density at radius 1 is 1.43 bits per heavy atom. The summed E-state index contributed by atoms with van der Waals surface area (Å²) in [5, 5.41) is -0.581. The van der Waals surface area contributed by atoms with Gasteiger partial charge in [0, 0.05) is 7.11 Å². The van der Waals surface area contributed by atoms with Gasteiger partial charge >= 0.3 is 0 Å². The first kappa shape index (κ1) is 10.4. The number of carbonyl (C=O) groups is 1. The van der Waals surface area contributed by atoms with Crippen LogP contribution in [0.25, 0.3) is 0 Å². The number of fused-ring (bicyclic) bond motifs is 2. The molecule has 0 amide bonds. The van der Waals surface area contributed by atoms with Crippen LogP contribution in [0.2, 0.25) is 0 Å². The summed E-state index contributed by atoms with van der Waals surface area (Å²) in [6, 6.07) is 0. The number of rotatable bonds is 1. The molecule has 0 aromatic rings. The van der Waals surface area contributed by atoms with Gasteiger partial charge in [0.2, 0.25) is 0 Å². The third kappa shape index (κ3) is 1.16. The van der Waals surface area contributed by atoms with Gasteiger partial charge in [-0.3, -0.25) is 4.79 Å². The maximum atomic E-state index is 11.9. The molecule has 0 N–H and O–H groups in total. The van der Waals surface area contributed by atoms with E-state index in [2.05, 4.69) is 0 Å². The molecule has 2 bridgehead atoms. The van der Waals surface area contributed by atoms with Gasteiger partial charge in [-0.1, -0.05) is 0 Å². The highest BCUT2D eigenvalue weighted by Gasteiger charge is 2.61. The van der Waals surface area contributed by atoms with Crippen molar-refractivity contribution in [3.05, 3.63) is 0 Å². The van der Waals surface area contributed by atoms with E-state index < -0.39 is 22.7 Å². The van der Waals surface area contributed by atoms with Crippen molar-refractivity contribution in [3.63, 3.8) is 0 Å². The highest BCUT2D eigenvalue weighted by molar-refractivity contribution is 6.33. The van der Waals surface area contributed by atoms with Crippen molar-refractivity contribution in [2.24, 2.45) is 0 Å². The first-order valence-corrected chi connectivity index (χ1v) is 5.27. The lowest BCUT2D eigenvalue weighted by molar-refractivity contribution is -0.188. The Morgan fingerprint density at radius 3 is 2.57 bits per heavy atom. The van der Waals surface area contributed by atoms with Crippen LogP contribution in [0.5, 0.6) is 0 Å². The van der Waals surface area contributed by atoms with Crippen LogP contribution in [0.15, 0.2) is 0 Å². The molecule has 2 heterocycles. The SMILES string of the molecule is COC1C(=O)C(Cl)C2(C)CCC1(C)O2. The van der Waals surface area contributed by atoms with Gasteiger partial charge in [-0.25, -0.2) is 0 Å². The molecule has 0 radical (unpaired) electrons. The zero-order valence-corrected chi connectivity index (χ0v) is 9.43. The van der Waals surface area contributed by atoms with Crippen LogP contribution in [-0.2, 0) is 14.3 Å². The van der Waals surface area contributed by atoms with E-state index in [1.807, 2.05) is 13.8 Å². The summed E-state index contributed by atoms with van der Waals surface area (Å²) in [6.07, 6.45) is 1.14. The quantitative estimate of drug-likeness (QED) is 0.626. The van der Waals surface area contributed by atoms with Gasteiger partial charge in [-0.15, -0.1) is 11.6 Å². The lowest BCUT2D eigenvalue weighted by Gasteiger charge is -2.42. The number of Topliss-reactive ketones (excluding diaryl/α,β-unsaturated/α-hetero) is 1. The second kappa shape index (κ2) is 2.94. The van der Waals surface area contributed by atoms with Crippen LogP contribution in [0.1, 0.15) is 26.7 Å². The number of ether oxygens (including phenoxy) is 2. The molecular weight excluding hydrogens is 204 g/mol. The highest BCUT2D eigenvalue weighted by atomic mass is 35.5. The zero-order chi connectivity index (χ0) is 10.6. The van der Waals surface area contributed by atoms with Crippen molar-refractivity contribution in [3.8, 4) is 0 Å². The molecule has 2 aliphatic heterocycles. The minimum Gasteiger partial charge on any atom is -0.371 e. The first-order valence-electron chi connectivity index (χ1n) is 4.84. The molecule has 0 spiro atoms. The Bertz CT molecular complexity index is 281. The van der Waals surface area contributed by atoms with E-state index in [-0.39, 0.29) is 5.78 Å². The smallest absolute Gasteiger partial charge is 0.185 e. The molecule has 80 valence electrons. The predicted octanol–water partition coefficient (Wildman–Crippen LogP) is 1.52. The summed E-state index contributed by atoms with van der Waals surface area (Å²) in [7, 11) is 1.53. The molecule has 2 rings (SSSR count). The summed E-state index contributed by atoms with van der Waals surface area (Å²) >= 11 is 6.08. The largest absolute Gasteiger partial charge is 0.371 e. The standard InChI is InChI=1S/C10H15ClO3/c1-9-4-5-10(2,14-9)8(13-3)6(12)7(9)11/h7-8H,4-5H2,1-3H3. The second-order valence-electron chi connectivity index (χ2n) is 4.61. The molecule has 0 aromatic heterocycles. The summed E-state index contributed by atoms with van der Waals surface area (Å²) in [4.78, 5) is 11.9. The molecule has 2 fully saturated rings. The molecule has 2 saturated heterocycles. The topological polar surface area (TPSA) is 35.5 Å². The molecule has 2 aliphatic rings. The molecule has 0 saturated carbocycles. The number of halogens is 1. The Labute approximate surface area is 88.7 Å². The van der Waals surface area contributed by atoms with E-state index in [0.29, 0.717) is 0 Å². The monoisotopic (exact) mass is 218 g/mol. The van der Waals surface area contributed by atoms with Gasteiger partial charge in [0.05, 0.1) is 11.2 Å². The lowest BCUT2D eigenvalue weighted by atomic mass is 9.90. The zero-order valence-electron chi connectivity index (χ0n) is 8.67. The third-order valence-corrected chi connectivity index (χ3v) is 4.10. The van der Waals surface area contributed by atoms with Gasteiger partial charge in [-0.05, 0) is 26.7 Å². The van der Waals surface area contributed by atoms with Gasteiger partial charge in [-0.2, -0.15) is 0 Å². The number of hydrogen-bond acceptors (Lipinski definition) is 3. The fourth-order valence-electron chi connectivity index (χ4n) is 2.59. The Balaban J connectivity index is 2.38. The Hall–Kier alpha value is -0.120. The summed E-state index contributed by atoms with van der Waals surface area (Å²) in [5.74, 6) is -0.0390. The molecule has 4 unspecified atom stereocenters. The minimum atomic E-state index is -0.581. The number of carbonyl (C=O) groups excluding carboxylic acids is 1. The molecule has 14 heavy (non-hydrogen) atoms. The predicted molar refractivity (Wildman–Crippen MR) is 52.6 cm³/mol. The summed E-state index contributed by atoms with van der Waals surface area (Å²) < 4.78 is 11.1. The van der Waals surface area contributed by atoms with Crippen LogP contribution in [0.4, 0.5) is 0 Å². The normalized spacial score (nSPS) is 52.4. The summed E-state index contributed by atoms with van der Waals surface area (Å²) in [6.45, 7) is 3.83. The van der Waals surface area contributed by atoms with E-state index in [1.54, 1.807) is 0 Å². The maximum absolute atomic E-state index is 11.9. The van der Waals surface area contributed by atoms with Crippen LogP contribution in [0, 0.1) is 0 Å². The highest BCUT2D eigenvalue weighted by Crippen LogP contribution is 2.49.